The maximum atomic E-state index is 13.0. The summed E-state index contributed by atoms with van der Waals surface area (Å²) in [4.78, 5) is 14.2. The van der Waals surface area contributed by atoms with Crippen LogP contribution in [0.2, 0.25) is 0 Å². The Balaban J connectivity index is 1.86. The average Bonchev–Trinajstić information content (AvgIpc) is 2.92. The lowest BCUT2D eigenvalue weighted by atomic mass is 10.3. The van der Waals surface area contributed by atoms with E-state index in [2.05, 4.69) is 10.2 Å². The predicted molar refractivity (Wildman–Crippen MR) is 85.5 cm³/mol. The number of thioether (sulfide) groups is 1. The van der Waals surface area contributed by atoms with Crippen LogP contribution in [0.5, 0.6) is 0 Å². The van der Waals surface area contributed by atoms with Gasteiger partial charge in [0.15, 0.2) is 0 Å². The predicted octanol–water partition coefficient (Wildman–Crippen LogP) is 3.27. The summed E-state index contributed by atoms with van der Waals surface area (Å²) in [6.07, 6.45) is 2.31. The zero-order valence-electron chi connectivity index (χ0n) is 11.3. The fraction of sp³-hybridized carbons (Fsp3) is 0.429. The van der Waals surface area contributed by atoms with E-state index in [1.165, 1.54) is 23.9 Å². The summed E-state index contributed by atoms with van der Waals surface area (Å²) in [6, 6.07) is 5.87. The molecule has 6 heteroatoms. The lowest BCUT2D eigenvalue weighted by molar-refractivity contribution is -0.115. The van der Waals surface area contributed by atoms with E-state index in [1.54, 1.807) is 12.1 Å². The molecular weight excluding hydrogens is 295 g/mol. The monoisotopic (exact) mass is 312 g/mol. The van der Waals surface area contributed by atoms with Crippen molar-refractivity contribution in [3.05, 3.63) is 30.1 Å². The Labute approximate surface area is 127 Å². The van der Waals surface area contributed by atoms with E-state index in [0.29, 0.717) is 5.69 Å². The zero-order chi connectivity index (χ0) is 14.5. The van der Waals surface area contributed by atoms with E-state index in [1.807, 2.05) is 6.92 Å². The fourth-order valence-electron chi connectivity index (χ4n) is 1.99. The Bertz CT molecular complexity index is 504. The topological polar surface area (TPSA) is 32.3 Å². The fourth-order valence-corrected chi connectivity index (χ4v) is 3.40. The van der Waals surface area contributed by atoms with E-state index >= 15 is 0 Å². The lowest BCUT2D eigenvalue weighted by Crippen LogP contribution is -2.29. The Morgan fingerprint density at radius 1 is 1.45 bits per heavy atom. The number of rotatable bonds is 3. The Hall–Kier alpha value is -1.14. The van der Waals surface area contributed by atoms with Crippen molar-refractivity contribution in [2.45, 2.75) is 25.0 Å². The van der Waals surface area contributed by atoms with Gasteiger partial charge in [0.1, 0.15) is 10.1 Å². The average molecular weight is 312 g/mol. The SMILES string of the molecule is C[C@@H](SC(=S)N1CCCC1)C(=O)Nc1cccc(F)c1. The van der Waals surface area contributed by atoms with Gasteiger partial charge in [-0.3, -0.25) is 4.79 Å². The van der Waals surface area contributed by atoms with Crippen molar-refractivity contribution in [3.8, 4) is 0 Å². The quantitative estimate of drug-likeness (QED) is 0.868. The van der Waals surface area contributed by atoms with Crippen LogP contribution in [-0.4, -0.2) is 33.5 Å². The third-order valence-corrected chi connectivity index (χ3v) is 4.68. The third-order valence-electron chi connectivity index (χ3n) is 3.10. The van der Waals surface area contributed by atoms with Crippen molar-refractivity contribution >= 4 is 39.9 Å². The molecule has 1 fully saturated rings. The van der Waals surface area contributed by atoms with Gasteiger partial charge in [-0.25, -0.2) is 4.39 Å². The lowest BCUT2D eigenvalue weighted by Gasteiger charge is -2.20. The number of nitrogens with zero attached hydrogens (tertiary/aromatic N) is 1. The van der Waals surface area contributed by atoms with Gasteiger partial charge in [-0.05, 0) is 38.0 Å². The summed E-state index contributed by atoms with van der Waals surface area (Å²) in [6.45, 7) is 3.76. The van der Waals surface area contributed by atoms with Crippen LogP contribution in [-0.2, 0) is 4.79 Å². The summed E-state index contributed by atoms with van der Waals surface area (Å²) in [7, 11) is 0. The van der Waals surface area contributed by atoms with Crippen LogP contribution < -0.4 is 5.32 Å². The molecule has 1 aliphatic rings. The second-order valence-electron chi connectivity index (χ2n) is 4.72. The van der Waals surface area contributed by atoms with Gasteiger partial charge < -0.3 is 10.2 Å². The first-order chi connectivity index (χ1) is 9.56. The molecule has 1 N–H and O–H groups in total. The van der Waals surface area contributed by atoms with Gasteiger partial charge in [0.05, 0.1) is 5.25 Å². The molecule has 1 atom stereocenters. The minimum Gasteiger partial charge on any atom is -0.358 e. The molecule has 1 aromatic rings. The molecular formula is C14H17FN2OS2. The number of hydrogen-bond acceptors (Lipinski definition) is 3. The van der Waals surface area contributed by atoms with Crippen LogP contribution >= 0.6 is 24.0 Å². The number of benzene rings is 1. The molecule has 0 bridgehead atoms. The molecule has 0 unspecified atom stereocenters. The molecule has 1 amide bonds. The highest BCUT2D eigenvalue weighted by Gasteiger charge is 2.21. The van der Waals surface area contributed by atoms with Crippen molar-refractivity contribution < 1.29 is 9.18 Å². The van der Waals surface area contributed by atoms with Crippen molar-refractivity contribution in [2.24, 2.45) is 0 Å². The standard InChI is InChI=1S/C14H17FN2OS2/c1-10(20-14(19)17-7-2-3-8-17)13(18)16-12-6-4-5-11(15)9-12/h4-6,9-10H,2-3,7-8H2,1H3,(H,16,18)/t10-/m1/s1. The molecule has 1 aromatic carbocycles. The third kappa shape index (κ3) is 4.18. The Kier molecular flexibility index (Phi) is 5.37. The molecule has 20 heavy (non-hydrogen) atoms. The minimum atomic E-state index is -0.365. The zero-order valence-corrected chi connectivity index (χ0v) is 12.9. The number of hydrogen-bond donors (Lipinski definition) is 1. The van der Waals surface area contributed by atoms with E-state index in [0.717, 1.165) is 30.3 Å². The van der Waals surface area contributed by atoms with Gasteiger partial charge in [0.25, 0.3) is 0 Å². The van der Waals surface area contributed by atoms with Crippen LogP contribution in [0, 0.1) is 5.82 Å². The summed E-state index contributed by atoms with van der Waals surface area (Å²) >= 11 is 6.72. The molecule has 1 heterocycles. The molecule has 3 nitrogen and oxygen atoms in total. The molecule has 0 saturated carbocycles. The van der Waals surface area contributed by atoms with Crippen molar-refractivity contribution in [2.75, 3.05) is 18.4 Å². The maximum Gasteiger partial charge on any atom is 0.237 e. The molecule has 1 saturated heterocycles. The summed E-state index contributed by atoms with van der Waals surface area (Å²) in [5.74, 6) is -0.530. The van der Waals surface area contributed by atoms with E-state index in [-0.39, 0.29) is 17.0 Å². The molecule has 0 aliphatic carbocycles. The smallest absolute Gasteiger partial charge is 0.237 e. The normalized spacial score (nSPS) is 16.0. The number of carbonyl (C=O) groups is 1. The second kappa shape index (κ2) is 7.04. The van der Waals surface area contributed by atoms with Gasteiger partial charge in [0, 0.05) is 18.8 Å². The van der Waals surface area contributed by atoms with Crippen molar-refractivity contribution in [3.63, 3.8) is 0 Å². The highest BCUT2D eigenvalue weighted by molar-refractivity contribution is 8.23. The number of nitrogens with one attached hydrogen (secondary N) is 1. The highest BCUT2D eigenvalue weighted by Crippen LogP contribution is 2.21. The molecule has 108 valence electrons. The second-order valence-corrected chi connectivity index (χ2v) is 6.69. The van der Waals surface area contributed by atoms with E-state index < -0.39 is 0 Å². The highest BCUT2D eigenvalue weighted by atomic mass is 32.2. The Morgan fingerprint density at radius 2 is 2.15 bits per heavy atom. The van der Waals surface area contributed by atoms with Crippen molar-refractivity contribution in [1.82, 2.24) is 4.90 Å². The first-order valence-electron chi connectivity index (χ1n) is 6.58. The van der Waals surface area contributed by atoms with Crippen LogP contribution in [0.3, 0.4) is 0 Å². The first-order valence-corrected chi connectivity index (χ1v) is 7.87. The summed E-state index contributed by atoms with van der Waals surface area (Å²) < 4.78 is 13.8. The van der Waals surface area contributed by atoms with Crippen LogP contribution in [0.25, 0.3) is 0 Å². The largest absolute Gasteiger partial charge is 0.358 e. The first kappa shape index (κ1) is 15.3. The number of likely N-dealkylation sites (tertiary alicyclic amines) is 1. The van der Waals surface area contributed by atoms with Gasteiger partial charge in [0.2, 0.25) is 5.91 Å². The van der Waals surface area contributed by atoms with Gasteiger partial charge in [-0.1, -0.05) is 30.0 Å². The summed E-state index contributed by atoms with van der Waals surface area (Å²) in [5, 5.41) is 2.40. The number of thiocarbonyl (C=S) groups is 1. The molecule has 2 rings (SSSR count). The number of carbonyl (C=O) groups excluding carboxylic acids is 1. The molecule has 1 aliphatic heterocycles. The van der Waals surface area contributed by atoms with Crippen LogP contribution in [0.1, 0.15) is 19.8 Å². The molecule has 0 aromatic heterocycles. The van der Waals surface area contributed by atoms with E-state index in [4.69, 9.17) is 12.2 Å². The summed E-state index contributed by atoms with van der Waals surface area (Å²) in [5.41, 5.74) is 0.467. The number of halogens is 1. The van der Waals surface area contributed by atoms with Gasteiger partial charge in [-0.2, -0.15) is 0 Å². The minimum absolute atomic E-state index is 0.165. The van der Waals surface area contributed by atoms with E-state index in [9.17, 15) is 9.18 Å². The Morgan fingerprint density at radius 3 is 2.80 bits per heavy atom. The molecule has 0 spiro atoms. The molecule has 0 radical (unpaired) electrons. The maximum absolute atomic E-state index is 13.0. The van der Waals surface area contributed by atoms with Gasteiger partial charge in [-0.15, -0.1) is 0 Å². The van der Waals surface area contributed by atoms with Crippen molar-refractivity contribution in [1.29, 1.82) is 0 Å². The number of amides is 1. The van der Waals surface area contributed by atoms with Crippen LogP contribution in [0.15, 0.2) is 24.3 Å². The van der Waals surface area contributed by atoms with Gasteiger partial charge >= 0.3 is 0 Å². The van der Waals surface area contributed by atoms with Crippen LogP contribution in [0.4, 0.5) is 10.1 Å². The number of anilines is 1.